The molecule has 1 fully saturated rings. The first-order valence-electron chi connectivity index (χ1n) is 6.98. The summed E-state index contributed by atoms with van der Waals surface area (Å²) in [4.78, 5) is 16.2. The van der Waals surface area contributed by atoms with Crippen molar-refractivity contribution in [1.29, 1.82) is 0 Å². The molecule has 2 rings (SSSR count). The van der Waals surface area contributed by atoms with E-state index in [0.29, 0.717) is 24.5 Å². The molecule has 0 radical (unpaired) electrons. The summed E-state index contributed by atoms with van der Waals surface area (Å²) in [5.74, 6) is 0.0592. The van der Waals surface area contributed by atoms with E-state index in [1.165, 1.54) is 0 Å². The van der Waals surface area contributed by atoms with Gasteiger partial charge >= 0.3 is 0 Å². The molecule has 0 bridgehead atoms. The van der Waals surface area contributed by atoms with E-state index in [2.05, 4.69) is 0 Å². The maximum atomic E-state index is 12.5. The van der Waals surface area contributed by atoms with Crippen molar-refractivity contribution in [2.45, 2.75) is 31.9 Å². The van der Waals surface area contributed by atoms with Crippen molar-refractivity contribution in [2.24, 2.45) is 0 Å². The second-order valence-electron chi connectivity index (χ2n) is 5.25. The molecule has 20 heavy (non-hydrogen) atoms. The molecule has 1 aliphatic heterocycles. The smallest absolute Gasteiger partial charge is 0.244 e. The molecule has 0 spiro atoms. The van der Waals surface area contributed by atoms with Gasteiger partial charge in [0.05, 0.1) is 22.9 Å². The minimum atomic E-state index is -0.387. The monoisotopic (exact) mass is 296 g/mol. The van der Waals surface area contributed by atoms with Crippen LogP contribution in [0.1, 0.15) is 19.8 Å². The number of anilines is 1. The third kappa shape index (κ3) is 3.14. The van der Waals surface area contributed by atoms with Gasteiger partial charge in [0, 0.05) is 13.1 Å². The minimum Gasteiger partial charge on any atom is -0.392 e. The highest BCUT2D eigenvalue weighted by molar-refractivity contribution is 6.33. The number of halogens is 1. The van der Waals surface area contributed by atoms with Crippen LogP contribution >= 0.6 is 11.6 Å². The number of amides is 1. The quantitative estimate of drug-likeness (QED) is 0.905. The molecule has 1 saturated heterocycles. The molecule has 1 heterocycles. The van der Waals surface area contributed by atoms with E-state index in [0.717, 1.165) is 12.1 Å². The fraction of sp³-hybridized carbons (Fsp3) is 0.533. The van der Waals surface area contributed by atoms with Crippen LogP contribution in [0.25, 0.3) is 0 Å². The van der Waals surface area contributed by atoms with Crippen LogP contribution in [0.5, 0.6) is 0 Å². The van der Waals surface area contributed by atoms with Crippen LogP contribution < -0.4 is 4.90 Å². The van der Waals surface area contributed by atoms with Crippen LogP contribution in [-0.2, 0) is 4.79 Å². The number of carbonyl (C=O) groups excluding carboxylic acids is 1. The molecule has 1 aromatic rings. The Morgan fingerprint density at radius 3 is 2.85 bits per heavy atom. The molecule has 2 atom stereocenters. The highest BCUT2D eigenvalue weighted by Crippen LogP contribution is 2.30. The van der Waals surface area contributed by atoms with Crippen LogP contribution in [0.2, 0.25) is 5.02 Å². The van der Waals surface area contributed by atoms with E-state index < -0.39 is 0 Å². The Kier molecular flexibility index (Phi) is 5.02. The van der Waals surface area contributed by atoms with E-state index in [-0.39, 0.29) is 18.1 Å². The Labute approximate surface area is 124 Å². The van der Waals surface area contributed by atoms with Gasteiger partial charge in [-0.25, -0.2) is 0 Å². The van der Waals surface area contributed by atoms with Gasteiger partial charge in [-0.1, -0.05) is 30.7 Å². The van der Waals surface area contributed by atoms with Crippen LogP contribution in [0.15, 0.2) is 24.3 Å². The SMILES string of the molecule is CCC(O)CN(C)C1CCN(c2ccccc2Cl)C1=O. The van der Waals surface area contributed by atoms with E-state index in [1.807, 2.05) is 37.1 Å². The predicted octanol–water partition coefficient (Wildman–Crippen LogP) is 2.15. The first-order valence-corrected chi connectivity index (χ1v) is 7.36. The molecule has 1 aromatic carbocycles. The lowest BCUT2D eigenvalue weighted by Gasteiger charge is -2.25. The number of nitrogens with zero attached hydrogens (tertiary/aromatic N) is 2. The number of benzene rings is 1. The summed E-state index contributed by atoms with van der Waals surface area (Å²) in [7, 11) is 1.89. The van der Waals surface area contributed by atoms with Crippen LogP contribution in [-0.4, -0.2) is 48.2 Å². The number of rotatable bonds is 5. The highest BCUT2D eigenvalue weighted by Gasteiger charge is 2.36. The van der Waals surface area contributed by atoms with E-state index in [9.17, 15) is 9.90 Å². The zero-order chi connectivity index (χ0) is 14.7. The van der Waals surface area contributed by atoms with E-state index in [4.69, 9.17) is 11.6 Å². The van der Waals surface area contributed by atoms with Crippen molar-refractivity contribution in [3.63, 3.8) is 0 Å². The van der Waals surface area contributed by atoms with Crippen molar-refractivity contribution >= 4 is 23.2 Å². The summed E-state index contributed by atoms with van der Waals surface area (Å²) in [5.41, 5.74) is 0.770. The average molecular weight is 297 g/mol. The second kappa shape index (κ2) is 6.57. The molecule has 0 aromatic heterocycles. The number of likely N-dealkylation sites (N-methyl/N-ethyl adjacent to an activating group) is 1. The standard InChI is InChI=1S/C15H21ClN2O2/c1-3-11(19)10-17(2)14-8-9-18(15(14)20)13-7-5-4-6-12(13)16/h4-7,11,14,19H,3,8-10H2,1-2H3. The van der Waals surface area contributed by atoms with Crippen LogP contribution in [0, 0.1) is 0 Å². The van der Waals surface area contributed by atoms with E-state index in [1.54, 1.807) is 11.0 Å². The van der Waals surface area contributed by atoms with Crippen LogP contribution in [0.4, 0.5) is 5.69 Å². The average Bonchev–Trinajstić information content (AvgIpc) is 2.81. The normalized spacial score (nSPS) is 20.8. The maximum Gasteiger partial charge on any atom is 0.244 e. The lowest BCUT2D eigenvalue weighted by molar-refractivity contribution is -0.121. The van der Waals surface area contributed by atoms with Gasteiger partial charge in [0.1, 0.15) is 0 Å². The number of hydrogen-bond donors (Lipinski definition) is 1. The van der Waals surface area contributed by atoms with Crippen molar-refractivity contribution in [3.8, 4) is 0 Å². The summed E-state index contributed by atoms with van der Waals surface area (Å²) in [5, 5.41) is 10.3. The molecule has 0 aliphatic carbocycles. The molecule has 110 valence electrons. The minimum absolute atomic E-state index is 0.0592. The molecule has 5 heteroatoms. The lowest BCUT2D eigenvalue weighted by Crippen LogP contribution is -2.42. The number of carbonyl (C=O) groups is 1. The molecule has 1 amide bonds. The molecular formula is C15H21ClN2O2. The Morgan fingerprint density at radius 1 is 1.50 bits per heavy atom. The van der Waals surface area contributed by atoms with Gasteiger partial charge in [-0.2, -0.15) is 0 Å². The molecule has 0 saturated carbocycles. The molecular weight excluding hydrogens is 276 g/mol. The maximum absolute atomic E-state index is 12.5. The molecule has 4 nitrogen and oxygen atoms in total. The van der Waals surface area contributed by atoms with Gasteiger partial charge in [-0.15, -0.1) is 0 Å². The third-order valence-electron chi connectivity index (χ3n) is 3.82. The number of hydrogen-bond acceptors (Lipinski definition) is 3. The third-order valence-corrected chi connectivity index (χ3v) is 4.14. The number of aliphatic hydroxyl groups excluding tert-OH is 1. The summed E-state index contributed by atoms with van der Waals surface area (Å²) in [6.07, 6.45) is 1.07. The highest BCUT2D eigenvalue weighted by atomic mass is 35.5. The van der Waals surface area contributed by atoms with E-state index >= 15 is 0 Å². The number of aliphatic hydroxyl groups is 1. The second-order valence-corrected chi connectivity index (χ2v) is 5.65. The van der Waals surface area contributed by atoms with Gasteiger partial charge in [-0.3, -0.25) is 9.69 Å². The van der Waals surface area contributed by atoms with Gasteiger partial charge < -0.3 is 10.0 Å². The first kappa shape index (κ1) is 15.3. The Hall–Kier alpha value is -1.10. The van der Waals surface area contributed by atoms with Gasteiger partial charge in [0.2, 0.25) is 5.91 Å². The van der Waals surface area contributed by atoms with Gasteiger partial charge in [0.25, 0.3) is 0 Å². The fourth-order valence-corrected chi connectivity index (χ4v) is 2.81. The summed E-state index contributed by atoms with van der Waals surface area (Å²) in [6, 6.07) is 7.22. The summed E-state index contributed by atoms with van der Waals surface area (Å²) in [6.45, 7) is 3.12. The van der Waals surface area contributed by atoms with Gasteiger partial charge in [0.15, 0.2) is 0 Å². The molecule has 2 unspecified atom stereocenters. The van der Waals surface area contributed by atoms with Gasteiger partial charge in [-0.05, 0) is 32.0 Å². The summed E-state index contributed by atoms with van der Waals surface area (Å²) < 4.78 is 0. The Balaban J connectivity index is 2.08. The molecule has 1 N–H and O–H groups in total. The zero-order valence-electron chi connectivity index (χ0n) is 11.9. The Bertz CT molecular complexity index is 481. The van der Waals surface area contributed by atoms with Crippen molar-refractivity contribution in [2.75, 3.05) is 25.0 Å². The zero-order valence-corrected chi connectivity index (χ0v) is 12.7. The van der Waals surface area contributed by atoms with Crippen LogP contribution in [0.3, 0.4) is 0 Å². The lowest BCUT2D eigenvalue weighted by atomic mass is 10.2. The topological polar surface area (TPSA) is 43.8 Å². The van der Waals surface area contributed by atoms with Crippen molar-refractivity contribution in [3.05, 3.63) is 29.3 Å². The fourth-order valence-electron chi connectivity index (χ4n) is 2.57. The predicted molar refractivity (Wildman–Crippen MR) is 81.1 cm³/mol. The Morgan fingerprint density at radius 2 is 2.20 bits per heavy atom. The largest absolute Gasteiger partial charge is 0.392 e. The molecule has 1 aliphatic rings. The first-order chi connectivity index (χ1) is 9.54. The van der Waals surface area contributed by atoms with Crippen molar-refractivity contribution < 1.29 is 9.90 Å². The number of para-hydroxylation sites is 1. The summed E-state index contributed by atoms with van der Waals surface area (Å²) >= 11 is 6.16. The van der Waals surface area contributed by atoms with Crippen molar-refractivity contribution in [1.82, 2.24) is 4.90 Å².